The van der Waals surface area contributed by atoms with E-state index in [1.807, 2.05) is 6.92 Å². The first-order valence-electron chi connectivity index (χ1n) is 9.93. The van der Waals surface area contributed by atoms with Gasteiger partial charge in [0, 0.05) is 24.4 Å². The minimum atomic E-state index is -0.541. The van der Waals surface area contributed by atoms with Gasteiger partial charge in [-0.15, -0.1) is 0 Å². The summed E-state index contributed by atoms with van der Waals surface area (Å²) in [6, 6.07) is 10.7. The number of carbonyl (C=O) groups is 2. The first-order chi connectivity index (χ1) is 15.8. The maximum atomic E-state index is 12.5. The average Bonchev–Trinajstić information content (AvgIpc) is 3.05. The molecule has 0 aliphatic carbocycles. The fraction of sp³-hybridized carbons (Fsp3) is 0.227. The van der Waals surface area contributed by atoms with Crippen molar-refractivity contribution < 1.29 is 24.0 Å². The highest BCUT2D eigenvalue weighted by Gasteiger charge is 2.31. The molecule has 0 atom stereocenters. The van der Waals surface area contributed by atoms with E-state index in [1.165, 1.54) is 37.1 Å². The smallest absolute Gasteiger partial charge is 0.271 e. The summed E-state index contributed by atoms with van der Waals surface area (Å²) in [5, 5.41) is 13.4. The Balaban J connectivity index is 1.66. The zero-order chi connectivity index (χ0) is 24.0. The normalized spacial score (nSPS) is 14.5. The van der Waals surface area contributed by atoms with Gasteiger partial charge in [0.25, 0.3) is 17.5 Å². The molecule has 3 rings (SSSR count). The highest BCUT2D eigenvalue weighted by molar-refractivity contribution is 8.26. The van der Waals surface area contributed by atoms with Gasteiger partial charge < -0.3 is 14.8 Å². The van der Waals surface area contributed by atoms with Gasteiger partial charge in [0.1, 0.15) is 4.32 Å². The predicted molar refractivity (Wildman–Crippen MR) is 130 cm³/mol. The monoisotopic (exact) mass is 487 g/mol. The number of hydrogen-bond acceptors (Lipinski definition) is 8. The van der Waals surface area contributed by atoms with E-state index in [4.69, 9.17) is 21.7 Å². The lowest BCUT2D eigenvalue weighted by atomic mass is 10.2. The zero-order valence-corrected chi connectivity index (χ0v) is 19.5. The topological polar surface area (TPSA) is 111 Å². The van der Waals surface area contributed by atoms with Crippen LogP contribution in [0.1, 0.15) is 18.9 Å². The molecule has 33 heavy (non-hydrogen) atoms. The number of ether oxygens (including phenoxy) is 2. The number of nitro groups is 1. The molecule has 0 aromatic heterocycles. The maximum absolute atomic E-state index is 12.5. The van der Waals surface area contributed by atoms with E-state index in [9.17, 15) is 19.7 Å². The number of nitro benzene ring substituents is 1. The lowest BCUT2D eigenvalue weighted by molar-refractivity contribution is -0.384. The molecule has 11 heteroatoms. The molecule has 0 bridgehead atoms. The number of thioether (sulfide) groups is 1. The van der Waals surface area contributed by atoms with Crippen molar-refractivity contribution in [1.82, 2.24) is 4.90 Å². The summed E-state index contributed by atoms with van der Waals surface area (Å²) in [5.74, 6) is 0.114. The van der Waals surface area contributed by atoms with Crippen molar-refractivity contribution >= 4 is 57.6 Å². The molecule has 0 spiro atoms. The highest BCUT2D eigenvalue weighted by atomic mass is 32.2. The molecular formula is C22H21N3O6S2. The number of nitrogens with zero attached hydrogens (tertiary/aromatic N) is 2. The van der Waals surface area contributed by atoms with Crippen LogP contribution in [-0.4, -0.2) is 46.2 Å². The third kappa shape index (κ3) is 6.08. The Kier molecular flexibility index (Phi) is 8.01. The largest absolute Gasteiger partial charge is 0.493 e. The first-order valence-corrected chi connectivity index (χ1v) is 11.2. The number of hydrogen-bond donors (Lipinski definition) is 1. The van der Waals surface area contributed by atoms with Crippen LogP contribution in [0, 0.1) is 10.1 Å². The SMILES string of the molecule is CCCN1C(=O)/C(=C\c2ccc(OCC(=O)Nc3cccc([N+](=O)[O-])c3)c(OC)c2)SC1=S. The van der Waals surface area contributed by atoms with E-state index < -0.39 is 10.8 Å². The number of benzene rings is 2. The summed E-state index contributed by atoms with van der Waals surface area (Å²) >= 11 is 6.54. The highest BCUT2D eigenvalue weighted by Crippen LogP contribution is 2.34. The van der Waals surface area contributed by atoms with Crippen molar-refractivity contribution in [2.45, 2.75) is 13.3 Å². The fourth-order valence-corrected chi connectivity index (χ4v) is 4.31. The van der Waals surface area contributed by atoms with E-state index in [2.05, 4.69) is 5.32 Å². The van der Waals surface area contributed by atoms with E-state index in [0.717, 1.165) is 12.0 Å². The van der Waals surface area contributed by atoms with E-state index in [1.54, 1.807) is 35.2 Å². The number of thiocarbonyl (C=S) groups is 1. The van der Waals surface area contributed by atoms with Crippen LogP contribution in [0.2, 0.25) is 0 Å². The second kappa shape index (κ2) is 10.9. The predicted octanol–water partition coefficient (Wildman–Crippen LogP) is 4.23. The third-order valence-electron chi connectivity index (χ3n) is 4.51. The zero-order valence-electron chi connectivity index (χ0n) is 17.9. The minimum Gasteiger partial charge on any atom is -0.493 e. The number of methoxy groups -OCH3 is 1. The Morgan fingerprint density at radius 1 is 1.27 bits per heavy atom. The maximum Gasteiger partial charge on any atom is 0.271 e. The molecule has 1 heterocycles. The molecule has 1 saturated heterocycles. The van der Waals surface area contributed by atoms with Gasteiger partial charge >= 0.3 is 0 Å². The fourth-order valence-electron chi connectivity index (χ4n) is 3.00. The quantitative estimate of drug-likeness (QED) is 0.242. The van der Waals surface area contributed by atoms with Crippen molar-refractivity contribution in [3.8, 4) is 11.5 Å². The molecule has 0 saturated carbocycles. The van der Waals surface area contributed by atoms with Gasteiger partial charge in [-0.3, -0.25) is 24.6 Å². The van der Waals surface area contributed by atoms with Gasteiger partial charge in [0.05, 0.1) is 16.9 Å². The molecule has 1 fully saturated rings. The average molecular weight is 488 g/mol. The minimum absolute atomic E-state index is 0.121. The van der Waals surface area contributed by atoms with E-state index >= 15 is 0 Å². The number of non-ortho nitro benzene ring substituents is 1. The van der Waals surface area contributed by atoms with Crippen molar-refractivity contribution in [3.63, 3.8) is 0 Å². The molecule has 1 N–H and O–H groups in total. The van der Waals surface area contributed by atoms with Crippen molar-refractivity contribution in [2.75, 3.05) is 25.6 Å². The third-order valence-corrected chi connectivity index (χ3v) is 5.88. The molecule has 2 aromatic carbocycles. The molecule has 1 aliphatic rings. The van der Waals surface area contributed by atoms with Gasteiger partial charge in [-0.1, -0.05) is 43.0 Å². The van der Waals surface area contributed by atoms with Gasteiger partial charge in [-0.05, 0) is 36.3 Å². The molecular weight excluding hydrogens is 466 g/mol. The first kappa shape index (κ1) is 24.2. The molecule has 0 unspecified atom stereocenters. The van der Waals surface area contributed by atoms with Crippen LogP contribution in [0.3, 0.4) is 0 Å². The summed E-state index contributed by atoms with van der Waals surface area (Å²) < 4.78 is 11.5. The van der Waals surface area contributed by atoms with Crippen LogP contribution >= 0.6 is 24.0 Å². The Morgan fingerprint density at radius 3 is 2.76 bits per heavy atom. The summed E-state index contributed by atoms with van der Waals surface area (Å²) in [7, 11) is 1.47. The molecule has 9 nitrogen and oxygen atoms in total. The van der Waals surface area contributed by atoms with Crippen LogP contribution in [0.15, 0.2) is 47.4 Å². The molecule has 1 aliphatic heterocycles. The lowest BCUT2D eigenvalue weighted by Gasteiger charge is -2.12. The van der Waals surface area contributed by atoms with Gasteiger partial charge in [-0.25, -0.2) is 0 Å². The van der Waals surface area contributed by atoms with Gasteiger partial charge in [0.2, 0.25) is 0 Å². The summed E-state index contributed by atoms with van der Waals surface area (Å²) in [6.45, 7) is 2.24. The van der Waals surface area contributed by atoms with Crippen LogP contribution in [-0.2, 0) is 9.59 Å². The number of nitrogens with one attached hydrogen (secondary N) is 1. The van der Waals surface area contributed by atoms with Crippen LogP contribution in [0.25, 0.3) is 6.08 Å². The number of rotatable bonds is 9. The van der Waals surface area contributed by atoms with Crippen molar-refractivity contribution in [1.29, 1.82) is 0 Å². The van der Waals surface area contributed by atoms with Crippen LogP contribution in [0.5, 0.6) is 11.5 Å². The van der Waals surface area contributed by atoms with E-state index in [-0.39, 0.29) is 18.2 Å². The second-order valence-corrected chi connectivity index (χ2v) is 8.56. The number of carbonyl (C=O) groups excluding carboxylic acids is 2. The summed E-state index contributed by atoms with van der Waals surface area (Å²) in [6.07, 6.45) is 2.55. The Morgan fingerprint density at radius 2 is 2.06 bits per heavy atom. The van der Waals surface area contributed by atoms with Crippen molar-refractivity contribution in [2.24, 2.45) is 0 Å². The van der Waals surface area contributed by atoms with Gasteiger partial charge in [0.15, 0.2) is 18.1 Å². The van der Waals surface area contributed by atoms with Crippen LogP contribution < -0.4 is 14.8 Å². The van der Waals surface area contributed by atoms with E-state index in [0.29, 0.717) is 33.0 Å². The summed E-state index contributed by atoms with van der Waals surface area (Å²) in [5.41, 5.74) is 0.885. The lowest BCUT2D eigenvalue weighted by Crippen LogP contribution is -2.28. The second-order valence-electron chi connectivity index (χ2n) is 6.89. The van der Waals surface area contributed by atoms with Gasteiger partial charge in [-0.2, -0.15) is 0 Å². The molecule has 172 valence electrons. The number of amides is 2. The Bertz CT molecular complexity index is 1130. The number of anilines is 1. The standard InChI is InChI=1S/C22H21N3O6S2/c1-3-9-24-21(27)19(33-22(24)32)11-14-7-8-17(18(10-14)30-2)31-13-20(26)23-15-5-4-6-16(12-15)25(28)29/h4-8,10-12H,3,9,13H2,1-2H3,(H,23,26)/b19-11+. The van der Waals surface area contributed by atoms with Crippen molar-refractivity contribution in [3.05, 3.63) is 63.0 Å². The molecule has 2 amide bonds. The Hall–Kier alpha value is -3.44. The molecule has 0 radical (unpaired) electrons. The summed E-state index contributed by atoms with van der Waals surface area (Å²) in [4.78, 5) is 37.2. The molecule has 2 aromatic rings. The van der Waals surface area contributed by atoms with Crippen LogP contribution in [0.4, 0.5) is 11.4 Å². The Labute approximate surface area is 199 Å².